The molecule has 29 heavy (non-hydrogen) atoms. The summed E-state index contributed by atoms with van der Waals surface area (Å²) in [5.41, 5.74) is 3.53. The minimum absolute atomic E-state index is 0.00879. The fraction of sp³-hybridized carbons (Fsp3) is 0.522. The van der Waals surface area contributed by atoms with Crippen LogP contribution in [0, 0.1) is 6.92 Å². The largest absolute Gasteiger partial charge is 0.496 e. The van der Waals surface area contributed by atoms with Gasteiger partial charge < -0.3 is 14.5 Å². The highest BCUT2D eigenvalue weighted by atomic mass is 16.5. The fourth-order valence-electron chi connectivity index (χ4n) is 4.65. The molecule has 1 aromatic carbocycles. The molecule has 0 saturated carbocycles. The molecule has 6 heteroatoms. The topological polar surface area (TPSA) is 58.6 Å². The van der Waals surface area contributed by atoms with Gasteiger partial charge >= 0.3 is 0 Å². The Morgan fingerprint density at radius 3 is 2.83 bits per heavy atom. The lowest BCUT2D eigenvalue weighted by atomic mass is 10.0. The van der Waals surface area contributed by atoms with Crippen molar-refractivity contribution in [3.8, 4) is 5.75 Å². The van der Waals surface area contributed by atoms with Crippen LogP contribution in [0.1, 0.15) is 54.9 Å². The molecule has 0 bridgehead atoms. The van der Waals surface area contributed by atoms with Crippen molar-refractivity contribution in [2.45, 2.75) is 52.0 Å². The minimum Gasteiger partial charge on any atom is -0.496 e. The zero-order valence-corrected chi connectivity index (χ0v) is 17.6. The maximum absolute atomic E-state index is 12.0. The number of carbonyl (C=O) groups excluding carboxylic acids is 1. The van der Waals surface area contributed by atoms with E-state index >= 15 is 0 Å². The summed E-state index contributed by atoms with van der Waals surface area (Å²) in [7, 11) is 1.72. The lowest BCUT2D eigenvalue weighted by molar-refractivity contribution is -0.129. The van der Waals surface area contributed by atoms with E-state index in [4.69, 9.17) is 14.7 Å². The molecule has 1 unspecified atom stereocenters. The molecule has 0 spiro atoms. The molecule has 1 fully saturated rings. The second kappa shape index (κ2) is 8.39. The smallest absolute Gasteiger partial charge is 0.220 e. The van der Waals surface area contributed by atoms with Gasteiger partial charge in [-0.25, -0.2) is 9.97 Å². The van der Waals surface area contributed by atoms with Gasteiger partial charge in [0, 0.05) is 37.8 Å². The number of carbonyl (C=O) groups is 1. The van der Waals surface area contributed by atoms with Crippen molar-refractivity contribution < 1.29 is 9.53 Å². The van der Waals surface area contributed by atoms with E-state index in [9.17, 15) is 4.79 Å². The predicted octanol–water partition coefficient (Wildman–Crippen LogP) is 3.47. The molecule has 0 N–H and O–H groups in total. The summed E-state index contributed by atoms with van der Waals surface area (Å²) in [6.45, 7) is 6.42. The second-order valence-corrected chi connectivity index (χ2v) is 7.99. The first-order valence-corrected chi connectivity index (χ1v) is 10.6. The molecule has 2 aromatic rings. The average Bonchev–Trinajstić information content (AvgIpc) is 3.23. The number of amides is 1. The minimum atomic E-state index is 0.00879. The number of rotatable bonds is 5. The Bertz CT molecular complexity index is 898. The van der Waals surface area contributed by atoms with Crippen LogP contribution in [0.2, 0.25) is 0 Å². The molecule has 6 nitrogen and oxygen atoms in total. The lowest BCUT2D eigenvalue weighted by Crippen LogP contribution is -2.35. The van der Waals surface area contributed by atoms with Gasteiger partial charge in [-0.2, -0.15) is 0 Å². The molecule has 4 rings (SSSR count). The Labute approximate surface area is 172 Å². The van der Waals surface area contributed by atoms with E-state index in [0.717, 1.165) is 74.8 Å². The first kappa shape index (κ1) is 19.7. The van der Waals surface area contributed by atoms with Crippen molar-refractivity contribution in [1.29, 1.82) is 0 Å². The van der Waals surface area contributed by atoms with Crippen molar-refractivity contribution in [2.75, 3.05) is 31.6 Å². The van der Waals surface area contributed by atoms with Crippen molar-refractivity contribution in [3.05, 3.63) is 46.9 Å². The maximum Gasteiger partial charge on any atom is 0.220 e. The summed E-state index contributed by atoms with van der Waals surface area (Å²) in [6, 6.07) is 8.21. The average molecular weight is 395 g/mol. The molecule has 2 aliphatic rings. The van der Waals surface area contributed by atoms with Crippen LogP contribution < -0.4 is 9.64 Å². The summed E-state index contributed by atoms with van der Waals surface area (Å²) >= 11 is 0. The summed E-state index contributed by atoms with van der Waals surface area (Å²) < 4.78 is 5.51. The molecular weight excluding hydrogens is 364 g/mol. The van der Waals surface area contributed by atoms with E-state index in [1.54, 1.807) is 14.0 Å². The third-order valence-corrected chi connectivity index (χ3v) is 6.16. The Kier molecular flexibility index (Phi) is 5.69. The van der Waals surface area contributed by atoms with Crippen LogP contribution in [0.5, 0.6) is 5.75 Å². The summed E-state index contributed by atoms with van der Waals surface area (Å²) in [6.07, 6.45) is 5.00. The molecule has 1 aromatic heterocycles. The number of para-hydroxylation sites is 1. The van der Waals surface area contributed by atoms with Crippen molar-refractivity contribution in [1.82, 2.24) is 14.9 Å². The van der Waals surface area contributed by atoms with Crippen molar-refractivity contribution >= 4 is 11.7 Å². The number of fused-ring (bicyclic) bond motifs is 1. The molecule has 0 radical (unpaired) electrons. The highest BCUT2D eigenvalue weighted by Gasteiger charge is 2.32. The van der Waals surface area contributed by atoms with Gasteiger partial charge in [0.25, 0.3) is 0 Å². The van der Waals surface area contributed by atoms with E-state index in [1.165, 1.54) is 11.1 Å². The number of hydrogen-bond donors (Lipinski definition) is 0. The number of aromatic nitrogens is 2. The number of nitrogens with zero attached hydrogens (tertiary/aromatic N) is 4. The Morgan fingerprint density at radius 2 is 2.03 bits per heavy atom. The van der Waals surface area contributed by atoms with E-state index in [1.807, 2.05) is 17.0 Å². The van der Waals surface area contributed by atoms with Gasteiger partial charge in [-0.1, -0.05) is 18.2 Å². The van der Waals surface area contributed by atoms with Gasteiger partial charge in [0.15, 0.2) is 5.82 Å². The standard InChI is InChI=1S/C23H30N4O2/c1-16-19-9-6-13-26(15-12-18-8-4-5-11-21(18)29-3)23(19)25-22(24-16)20-10-7-14-27(20)17(2)28/h4-5,8,11,20H,6-7,9-10,12-15H2,1-3H3. The van der Waals surface area contributed by atoms with Gasteiger partial charge in [0.2, 0.25) is 5.91 Å². The van der Waals surface area contributed by atoms with Crippen molar-refractivity contribution in [3.63, 3.8) is 0 Å². The van der Waals surface area contributed by atoms with Gasteiger partial charge in [0.1, 0.15) is 11.6 Å². The molecule has 2 aliphatic heterocycles. The normalized spacial score (nSPS) is 18.7. The molecule has 1 saturated heterocycles. The van der Waals surface area contributed by atoms with E-state index in [2.05, 4.69) is 24.0 Å². The van der Waals surface area contributed by atoms with Crippen molar-refractivity contribution in [2.24, 2.45) is 0 Å². The lowest BCUT2D eigenvalue weighted by Gasteiger charge is -2.32. The zero-order valence-electron chi connectivity index (χ0n) is 17.6. The maximum atomic E-state index is 12.0. The van der Waals surface area contributed by atoms with Crippen LogP contribution in [0.4, 0.5) is 5.82 Å². The fourth-order valence-corrected chi connectivity index (χ4v) is 4.65. The van der Waals surface area contributed by atoms with Crippen LogP contribution in [0.25, 0.3) is 0 Å². The Hall–Kier alpha value is -2.63. The number of hydrogen-bond acceptors (Lipinski definition) is 5. The molecule has 3 heterocycles. The van der Waals surface area contributed by atoms with E-state index < -0.39 is 0 Å². The highest BCUT2D eigenvalue weighted by molar-refractivity contribution is 5.74. The quantitative estimate of drug-likeness (QED) is 0.777. The summed E-state index contributed by atoms with van der Waals surface area (Å²) in [5, 5.41) is 0. The van der Waals surface area contributed by atoms with Crippen LogP contribution >= 0.6 is 0 Å². The first-order chi connectivity index (χ1) is 14.1. The Balaban J connectivity index is 1.60. The zero-order chi connectivity index (χ0) is 20.4. The monoisotopic (exact) mass is 394 g/mol. The molecule has 1 atom stereocenters. The van der Waals surface area contributed by atoms with Gasteiger partial charge in [-0.3, -0.25) is 4.79 Å². The summed E-state index contributed by atoms with van der Waals surface area (Å²) in [5.74, 6) is 2.91. The molecule has 0 aliphatic carbocycles. The van der Waals surface area contributed by atoms with Gasteiger partial charge in [-0.15, -0.1) is 0 Å². The molecule has 1 amide bonds. The number of aryl methyl sites for hydroxylation is 1. The van der Waals surface area contributed by atoms with Crippen LogP contribution in [-0.4, -0.2) is 47.5 Å². The highest BCUT2D eigenvalue weighted by Crippen LogP contribution is 2.34. The number of benzene rings is 1. The number of likely N-dealkylation sites (tertiary alicyclic amines) is 1. The number of ether oxygens (including phenoxy) is 1. The SMILES string of the molecule is COc1ccccc1CCN1CCCc2c(C)nc(C3CCCN3C(C)=O)nc21. The first-order valence-electron chi connectivity index (χ1n) is 10.6. The van der Waals surface area contributed by atoms with Gasteiger partial charge in [0.05, 0.1) is 13.2 Å². The van der Waals surface area contributed by atoms with E-state index in [-0.39, 0.29) is 11.9 Å². The van der Waals surface area contributed by atoms with Crippen LogP contribution in [0.15, 0.2) is 24.3 Å². The third kappa shape index (κ3) is 3.93. The molecule has 154 valence electrons. The van der Waals surface area contributed by atoms with Crippen LogP contribution in [-0.2, 0) is 17.6 Å². The predicted molar refractivity (Wildman–Crippen MR) is 113 cm³/mol. The third-order valence-electron chi connectivity index (χ3n) is 6.16. The number of methoxy groups -OCH3 is 1. The molecular formula is C23H30N4O2. The van der Waals surface area contributed by atoms with E-state index in [0.29, 0.717) is 0 Å². The second-order valence-electron chi connectivity index (χ2n) is 7.99. The van der Waals surface area contributed by atoms with Gasteiger partial charge in [-0.05, 0) is 50.7 Å². The number of anilines is 1. The Morgan fingerprint density at radius 1 is 1.21 bits per heavy atom. The van der Waals surface area contributed by atoms with Crippen LogP contribution in [0.3, 0.4) is 0 Å². The summed E-state index contributed by atoms with van der Waals surface area (Å²) in [4.78, 5) is 26.2.